The van der Waals surface area contributed by atoms with Gasteiger partial charge < -0.3 is 5.32 Å². The van der Waals surface area contributed by atoms with Gasteiger partial charge in [0.15, 0.2) is 7.28 Å². The van der Waals surface area contributed by atoms with E-state index in [1.165, 1.54) is 12.1 Å². The molecule has 0 spiro atoms. The molecule has 5 heteroatoms. The molecule has 0 aliphatic heterocycles. The van der Waals surface area contributed by atoms with Crippen LogP contribution in [-0.2, 0) is 0 Å². The number of amidine groups is 1. The summed E-state index contributed by atoms with van der Waals surface area (Å²) in [5, 5.41) is 6.93. The highest BCUT2D eigenvalue weighted by Gasteiger charge is 2.01. The van der Waals surface area contributed by atoms with Crippen molar-refractivity contribution in [2.75, 3.05) is 12.5 Å². The zero-order chi connectivity index (χ0) is 11.3. The molecule has 0 aromatic heterocycles. The number of anilines is 1. The van der Waals surface area contributed by atoms with E-state index >= 15 is 0 Å². The zero-order valence-corrected chi connectivity index (χ0v) is 9.26. The van der Waals surface area contributed by atoms with Crippen LogP contribution in [0.25, 0.3) is 0 Å². The molecule has 0 bridgehead atoms. The Morgan fingerprint density at radius 3 is 2.80 bits per heavy atom. The second kappa shape index (κ2) is 5.39. The van der Waals surface area contributed by atoms with Crippen molar-refractivity contribution >= 4 is 24.3 Å². The Balaban J connectivity index is 2.87. The highest BCUT2D eigenvalue weighted by molar-refractivity contribution is 6.54. The molecule has 2 N–H and O–H groups in total. The van der Waals surface area contributed by atoms with Crippen LogP contribution < -0.4 is 16.2 Å². The van der Waals surface area contributed by atoms with E-state index in [-0.39, 0.29) is 5.82 Å². The molecule has 80 valence electrons. The largest absolute Gasteiger partial charge is 0.375 e. The van der Waals surface area contributed by atoms with Crippen LogP contribution >= 0.6 is 0 Å². The molecule has 0 saturated heterocycles. The molecule has 1 aromatic rings. The summed E-state index contributed by atoms with van der Waals surface area (Å²) in [5.74, 6) is 0.494. The summed E-state index contributed by atoms with van der Waals surface area (Å²) in [7, 11) is 2.63. The van der Waals surface area contributed by atoms with Crippen LogP contribution in [0.5, 0.6) is 0 Å². The van der Waals surface area contributed by atoms with Gasteiger partial charge in [0.1, 0.15) is 11.7 Å². The highest BCUT2D eigenvalue weighted by atomic mass is 19.1. The Morgan fingerprint density at radius 2 is 2.20 bits per heavy atom. The number of hydrogen-bond donors (Lipinski definition) is 2. The zero-order valence-electron chi connectivity index (χ0n) is 9.26. The first-order chi connectivity index (χ1) is 7.17. The van der Waals surface area contributed by atoms with Gasteiger partial charge in [0, 0.05) is 7.05 Å². The summed E-state index contributed by atoms with van der Waals surface area (Å²) >= 11 is 0. The summed E-state index contributed by atoms with van der Waals surface area (Å²) in [6, 6.07) is 4.67. The SMILES string of the molecule is CBc1ccc(F)cc1N/N=C(/C)NC. The van der Waals surface area contributed by atoms with E-state index in [4.69, 9.17) is 0 Å². The lowest BCUT2D eigenvalue weighted by Crippen LogP contribution is -2.19. The molecule has 3 nitrogen and oxygen atoms in total. The van der Waals surface area contributed by atoms with E-state index in [1.807, 2.05) is 13.7 Å². The number of hydrogen-bond acceptors (Lipinski definition) is 2. The van der Waals surface area contributed by atoms with E-state index in [0.717, 1.165) is 18.6 Å². The number of hydrazone groups is 1. The molecule has 15 heavy (non-hydrogen) atoms. The fourth-order valence-corrected chi connectivity index (χ4v) is 1.16. The second-order valence-corrected chi connectivity index (χ2v) is 3.21. The molecule has 0 atom stereocenters. The molecule has 0 saturated carbocycles. The van der Waals surface area contributed by atoms with Gasteiger partial charge in [-0.15, -0.1) is 0 Å². The van der Waals surface area contributed by atoms with Crippen molar-refractivity contribution in [3.05, 3.63) is 24.0 Å². The number of nitrogens with one attached hydrogen (secondary N) is 2. The molecule has 0 unspecified atom stereocenters. The van der Waals surface area contributed by atoms with Gasteiger partial charge in [0.25, 0.3) is 0 Å². The maximum atomic E-state index is 13.0. The molecule has 0 radical (unpaired) electrons. The third-order valence-electron chi connectivity index (χ3n) is 2.16. The van der Waals surface area contributed by atoms with E-state index in [0.29, 0.717) is 5.69 Å². The predicted molar refractivity (Wildman–Crippen MR) is 64.8 cm³/mol. The Bertz CT molecular complexity index is 366. The molecule has 1 aromatic carbocycles. The molecule has 1 rings (SSSR count). The molecule has 0 heterocycles. The van der Waals surface area contributed by atoms with Gasteiger partial charge in [-0.05, 0) is 19.1 Å². The van der Waals surface area contributed by atoms with Crippen molar-refractivity contribution in [2.45, 2.75) is 13.7 Å². The molecular weight excluding hydrogens is 192 g/mol. The first kappa shape index (κ1) is 11.6. The van der Waals surface area contributed by atoms with Gasteiger partial charge in [-0.3, -0.25) is 5.43 Å². The van der Waals surface area contributed by atoms with Crippen LogP contribution in [0.3, 0.4) is 0 Å². The Kier molecular flexibility index (Phi) is 4.15. The van der Waals surface area contributed by atoms with Gasteiger partial charge >= 0.3 is 0 Å². The lowest BCUT2D eigenvalue weighted by Gasteiger charge is -2.07. The van der Waals surface area contributed by atoms with Crippen LogP contribution in [0.15, 0.2) is 23.3 Å². The van der Waals surface area contributed by atoms with Crippen LogP contribution in [0.2, 0.25) is 6.82 Å². The topological polar surface area (TPSA) is 36.4 Å². The summed E-state index contributed by atoms with van der Waals surface area (Å²) in [5.41, 5.74) is 4.60. The predicted octanol–water partition coefficient (Wildman–Crippen LogP) is 0.900. The molecule has 0 fully saturated rings. The Labute approximate surface area is 90.0 Å². The summed E-state index contributed by atoms with van der Waals surface area (Å²) < 4.78 is 13.0. The minimum Gasteiger partial charge on any atom is -0.375 e. The van der Waals surface area contributed by atoms with E-state index in [9.17, 15) is 4.39 Å². The van der Waals surface area contributed by atoms with E-state index < -0.39 is 0 Å². The van der Waals surface area contributed by atoms with Crippen LogP contribution in [0.1, 0.15) is 6.92 Å². The van der Waals surface area contributed by atoms with Crippen LogP contribution in [0.4, 0.5) is 10.1 Å². The van der Waals surface area contributed by atoms with Crippen LogP contribution in [0, 0.1) is 5.82 Å². The van der Waals surface area contributed by atoms with Crippen molar-refractivity contribution in [3.8, 4) is 0 Å². The van der Waals surface area contributed by atoms with Gasteiger partial charge in [-0.2, -0.15) is 5.10 Å². The average molecular weight is 207 g/mol. The average Bonchev–Trinajstić information content (AvgIpc) is 2.26. The smallest absolute Gasteiger partial charge is 0.157 e. The minimum absolute atomic E-state index is 0.257. The summed E-state index contributed by atoms with van der Waals surface area (Å²) in [4.78, 5) is 0. The van der Waals surface area contributed by atoms with Crippen molar-refractivity contribution in [2.24, 2.45) is 5.10 Å². The van der Waals surface area contributed by atoms with E-state index in [2.05, 4.69) is 15.8 Å². The van der Waals surface area contributed by atoms with Crippen molar-refractivity contribution in [1.82, 2.24) is 5.32 Å². The quantitative estimate of drug-likeness (QED) is 0.334. The van der Waals surface area contributed by atoms with Gasteiger partial charge in [-0.1, -0.05) is 18.4 Å². The van der Waals surface area contributed by atoms with Gasteiger partial charge in [0.2, 0.25) is 0 Å². The van der Waals surface area contributed by atoms with Gasteiger partial charge in [0.05, 0.1) is 5.69 Å². The molecule has 0 amide bonds. The molecular formula is C10H15BFN3. The normalized spacial score (nSPS) is 11.1. The fraction of sp³-hybridized carbons (Fsp3) is 0.300. The summed E-state index contributed by atoms with van der Waals surface area (Å²) in [6.07, 6.45) is 0. The maximum Gasteiger partial charge on any atom is 0.157 e. The Morgan fingerprint density at radius 1 is 1.47 bits per heavy atom. The minimum atomic E-state index is -0.257. The highest BCUT2D eigenvalue weighted by Crippen LogP contribution is 2.06. The molecule has 0 aliphatic carbocycles. The van der Waals surface area contributed by atoms with Crippen molar-refractivity contribution in [3.63, 3.8) is 0 Å². The third-order valence-corrected chi connectivity index (χ3v) is 2.16. The third kappa shape index (κ3) is 3.27. The number of nitrogens with zero attached hydrogens (tertiary/aromatic N) is 1. The van der Waals surface area contributed by atoms with Crippen LogP contribution in [-0.4, -0.2) is 20.2 Å². The maximum absolute atomic E-state index is 13.0. The first-order valence-electron chi connectivity index (χ1n) is 4.93. The van der Waals surface area contributed by atoms with Crippen molar-refractivity contribution < 1.29 is 4.39 Å². The monoisotopic (exact) mass is 207 g/mol. The summed E-state index contributed by atoms with van der Waals surface area (Å²) in [6.45, 7) is 3.85. The first-order valence-corrected chi connectivity index (χ1v) is 4.93. The lowest BCUT2D eigenvalue weighted by atomic mass is 9.72. The number of halogens is 1. The standard InChI is InChI=1S/C10H15BFN3/c1-7(13-3)14-15-10-6-8(12)4-5-9(10)11-2/h4-6,11,15H,1-3H3,(H,13,14). The van der Waals surface area contributed by atoms with Gasteiger partial charge in [-0.25, -0.2) is 4.39 Å². The fourth-order valence-electron chi connectivity index (χ4n) is 1.16. The number of benzene rings is 1. The molecule has 0 aliphatic rings. The second-order valence-electron chi connectivity index (χ2n) is 3.21. The Hall–Kier alpha value is -1.52. The van der Waals surface area contributed by atoms with E-state index in [1.54, 1.807) is 13.1 Å². The lowest BCUT2D eigenvalue weighted by molar-refractivity contribution is 0.628. The van der Waals surface area contributed by atoms with Crippen molar-refractivity contribution in [1.29, 1.82) is 0 Å². The number of rotatable bonds is 3.